The minimum Gasteiger partial charge on any atom is -0.320 e. The molecule has 0 aliphatic heterocycles. The number of nitrogens with one attached hydrogen (secondary N) is 2. The van der Waals surface area contributed by atoms with Crippen molar-refractivity contribution in [2.75, 3.05) is 0 Å². The van der Waals surface area contributed by atoms with Crippen molar-refractivity contribution in [1.82, 2.24) is 9.97 Å². The molecule has 4 heteroatoms. The van der Waals surface area contributed by atoms with E-state index in [0.717, 1.165) is 22.2 Å². The molecule has 96 valence electrons. The molecule has 1 unspecified atom stereocenters. The van der Waals surface area contributed by atoms with Crippen molar-refractivity contribution in [2.45, 2.75) is 13.0 Å². The summed E-state index contributed by atoms with van der Waals surface area (Å²) in [4.78, 5) is 16.7. The van der Waals surface area contributed by atoms with Gasteiger partial charge in [0, 0.05) is 0 Å². The summed E-state index contributed by atoms with van der Waals surface area (Å²) in [5, 5.41) is 0. The quantitative estimate of drug-likeness (QED) is 0.655. The molecule has 0 saturated heterocycles. The molecule has 0 spiro atoms. The summed E-state index contributed by atoms with van der Waals surface area (Å²) in [5.74, 6) is 0. The van der Waals surface area contributed by atoms with E-state index in [1.54, 1.807) is 0 Å². The van der Waals surface area contributed by atoms with Crippen molar-refractivity contribution < 1.29 is 0 Å². The van der Waals surface area contributed by atoms with Gasteiger partial charge in [0.25, 0.3) is 0 Å². The van der Waals surface area contributed by atoms with Gasteiger partial charge in [-0.05, 0) is 30.2 Å². The maximum absolute atomic E-state index is 11.2. The number of fused-ring (bicyclic) bond motifs is 1. The minimum atomic E-state index is -0.198. The highest BCUT2D eigenvalue weighted by Crippen LogP contribution is 2.22. The molecular formula is C15H15N3O. The first-order valence-corrected chi connectivity index (χ1v) is 6.17. The lowest BCUT2D eigenvalue weighted by atomic mass is 9.98. The predicted molar refractivity (Wildman–Crippen MR) is 76.1 cm³/mol. The number of hydrogen-bond donors (Lipinski definition) is 3. The zero-order chi connectivity index (χ0) is 13.4. The van der Waals surface area contributed by atoms with Crippen LogP contribution in [-0.2, 0) is 0 Å². The Kier molecular flexibility index (Phi) is 2.72. The molecule has 3 rings (SSSR count). The molecule has 0 aliphatic rings. The van der Waals surface area contributed by atoms with Crippen molar-refractivity contribution in [3.63, 3.8) is 0 Å². The van der Waals surface area contributed by atoms with Crippen molar-refractivity contribution >= 4 is 11.0 Å². The predicted octanol–water partition coefficient (Wildman–Crippen LogP) is 2.21. The Morgan fingerprint density at radius 2 is 1.58 bits per heavy atom. The number of aromatic amines is 2. The third-order valence-corrected chi connectivity index (χ3v) is 3.34. The summed E-state index contributed by atoms with van der Waals surface area (Å²) in [6, 6.07) is 13.7. The fraction of sp³-hybridized carbons (Fsp3) is 0.133. The van der Waals surface area contributed by atoms with E-state index in [4.69, 9.17) is 5.73 Å². The van der Waals surface area contributed by atoms with Gasteiger partial charge < -0.3 is 15.7 Å². The first kappa shape index (κ1) is 11.7. The first-order chi connectivity index (χ1) is 9.13. The molecule has 0 saturated carbocycles. The van der Waals surface area contributed by atoms with Crippen LogP contribution in [0, 0.1) is 6.92 Å². The van der Waals surface area contributed by atoms with Gasteiger partial charge in [-0.1, -0.05) is 35.9 Å². The Balaban J connectivity index is 2.03. The van der Waals surface area contributed by atoms with Gasteiger partial charge in [0.1, 0.15) is 0 Å². The molecule has 0 radical (unpaired) electrons. The van der Waals surface area contributed by atoms with E-state index >= 15 is 0 Å². The maximum atomic E-state index is 11.2. The Bertz CT molecular complexity index is 768. The second-order valence-electron chi connectivity index (χ2n) is 4.77. The molecule has 1 heterocycles. The fourth-order valence-corrected chi connectivity index (χ4v) is 2.21. The average Bonchev–Trinajstić information content (AvgIpc) is 2.77. The molecule has 4 N–H and O–H groups in total. The lowest BCUT2D eigenvalue weighted by molar-refractivity contribution is 0.872. The van der Waals surface area contributed by atoms with Crippen LogP contribution in [0.3, 0.4) is 0 Å². The Labute approximate surface area is 110 Å². The Morgan fingerprint density at radius 1 is 0.947 bits per heavy atom. The van der Waals surface area contributed by atoms with Crippen molar-refractivity contribution in [1.29, 1.82) is 0 Å². The third-order valence-electron chi connectivity index (χ3n) is 3.34. The van der Waals surface area contributed by atoms with Crippen LogP contribution in [-0.4, -0.2) is 9.97 Å². The van der Waals surface area contributed by atoms with Crippen LogP contribution >= 0.6 is 0 Å². The normalized spacial score (nSPS) is 12.7. The molecule has 0 fully saturated rings. The van der Waals surface area contributed by atoms with Crippen LogP contribution in [0.15, 0.2) is 47.3 Å². The number of H-pyrrole nitrogens is 2. The van der Waals surface area contributed by atoms with E-state index in [9.17, 15) is 4.79 Å². The molecular weight excluding hydrogens is 238 g/mol. The average molecular weight is 253 g/mol. The monoisotopic (exact) mass is 253 g/mol. The highest BCUT2D eigenvalue weighted by Gasteiger charge is 2.10. The summed E-state index contributed by atoms with van der Waals surface area (Å²) in [6.45, 7) is 2.05. The van der Waals surface area contributed by atoms with Gasteiger partial charge in [0.05, 0.1) is 17.1 Å². The van der Waals surface area contributed by atoms with Crippen LogP contribution in [0.5, 0.6) is 0 Å². The molecule has 19 heavy (non-hydrogen) atoms. The Hall–Kier alpha value is -2.33. The second-order valence-corrected chi connectivity index (χ2v) is 4.77. The highest BCUT2D eigenvalue weighted by atomic mass is 16.1. The molecule has 3 aromatic rings. The third kappa shape index (κ3) is 2.18. The largest absolute Gasteiger partial charge is 0.323 e. The number of nitrogens with two attached hydrogens (primary N) is 1. The topological polar surface area (TPSA) is 74.7 Å². The van der Waals surface area contributed by atoms with Crippen LogP contribution in [0.2, 0.25) is 0 Å². The van der Waals surface area contributed by atoms with Crippen LogP contribution in [0.25, 0.3) is 11.0 Å². The van der Waals surface area contributed by atoms with Crippen molar-refractivity contribution in [3.05, 3.63) is 69.6 Å². The van der Waals surface area contributed by atoms with Gasteiger partial charge in [0.15, 0.2) is 0 Å². The summed E-state index contributed by atoms with van der Waals surface area (Å²) >= 11 is 0. The second kappa shape index (κ2) is 4.40. The summed E-state index contributed by atoms with van der Waals surface area (Å²) in [7, 11) is 0. The maximum Gasteiger partial charge on any atom is 0.323 e. The molecule has 1 atom stereocenters. The zero-order valence-corrected chi connectivity index (χ0v) is 10.6. The number of hydrogen-bond acceptors (Lipinski definition) is 2. The molecule has 2 aromatic carbocycles. The Morgan fingerprint density at radius 3 is 2.32 bits per heavy atom. The van der Waals surface area contributed by atoms with Gasteiger partial charge in [-0.2, -0.15) is 0 Å². The van der Waals surface area contributed by atoms with Crippen LogP contribution in [0.4, 0.5) is 0 Å². The van der Waals surface area contributed by atoms with E-state index in [2.05, 4.69) is 9.97 Å². The van der Waals surface area contributed by atoms with Gasteiger partial charge in [-0.25, -0.2) is 4.79 Å². The number of rotatable bonds is 2. The zero-order valence-electron chi connectivity index (χ0n) is 10.6. The number of aromatic nitrogens is 2. The molecule has 1 aromatic heterocycles. The van der Waals surface area contributed by atoms with E-state index in [1.165, 1.54) is 5.56 Å². The number of benzene rings is 2. The highest BCUT2D eigenvalue weighted by molar-refractivity contribution is 5.75. The smallest absolute Gasteiger partial charge is 0.320 e. The summed E-state index contributed by atoms with van der Waals surface area (Å²) in [6.07, 6.45) is 0. The van der Waals surface area contributed by atoms with Gasteiger partial charge in [0.2, 0.25) is 0 Å². The minimum absolute atomic E-state index is 0.191. The number of aryl methyl sites for hydroxylation is 1. The van der Waals surface area contributed by atoms with E-state index in [0.29, 0.717) is 0 Å². The van der Waals surface area contributed by atoms with Crippen LogP contribution in [0.1, 0.15) is 22.7 Å². The summed E-state index contributed by atoms with van der Waals surface area (Å²) in [5.41, 5.74) is 10.9. The molecule has 4 nitrogen and oxygen atoms in total. The SMILES string of the molecule is Cc1ccc(C(N)c2ccc3[nH]c(=O)[nH]c3c2)cc1. The molecule has 0 amide bonds. The molecule has 0 bridgehead atoms. The van der Waals surface area contributed by atoms with Gasteiger partial charge >= 0.3 is 5.69 Å². The van der Waals surface area contributed by atoms with E-state index in [1.807, 2.05) is 49.4 Å². The summed E-state index contributed by atoms with van der Waals surface area (Å²) < 4.78 is 0. The standard InChI is InChI=1S/C15H15N3O/c1-9-2-4-10(5-3-9)14(16)11-6-7-12-13(8-11)18-15(19)17-12/h2-8,14H,16H2,1H3,(H2,17,18,19). The van der Waals surface area contributed by atoms with Crippen molar-refractivity contribution in [2.24, 2.45) is 5.73 Å². The van der Waals surface area contributed by atoms with Crippen LogP contribution < -0.4 is 11.4 Å². The number of imidazole rings is 1. The van der Waals surface area contributed by atoms with E-state index < -0.39 is 0 Å². The molecule has 0 aliphatic carbocycles. The van der Waals surface area contributed by atoms with Gasteiger partial charge in [-0.3, -0.25) is 0 Å². The lowest BCUT2D eigenvalue weighted by Crippen LogP contribution is -2.11. The van der Waals surface area contributed by atoms with Gasteiger partial charge in [-0.15, -0.1) is 0 Å². The van der Waals surface area contributed by atoms with Crippen molar-refractivity contribution in [3.8, 4) is 0 Å². The van der Waals surface area contributed by atoms with E-state index in [-0.39, 0.29) is 11.7 Å². The lowest BCUT2D eigenvalue weighted by Gasteiger charge is -2.12. The fourth-order valence-electron chi connectivity index (χ4n) is 2.21. The first-order valence-electron chi connectivity index (χ1n) is 6.17.